The standard InChI is InChI=1S/C22H23N2O4S2.Na/c1-16(2)18-7-11-21(12-8-18)30(27,28)24(15-20-4-3-13-29-20)19-9-5-17(6-10-19)14-22(25)23-26;/h3-13,16H,14-15H2,1-2H3,(H-,23,25,26);/q-1;+1. The molecule has 0 aliphatic carbocycles. The third-order valence-corrected chi connectivity index (χ3v) is 7.37. The Kier molecular flexibility index (Phi) is 9.29. The minimum atomic E-state index is -3.80. The van der Waals surface area contributed by atoms with E-state index in [-0.39, 0.29) is 47.4 Å². The van der Waals surface area contributed by atoms with Crippen molar-refractivity contribution in [2.75, 3.05) is 4.31 Å². The van der Waals surface area contributed by atoms with Crippen molar-refractivity contribution in [3.8, 4) is 0 Å². The van der Waals surface area contributed by atoms with Crippen LogP contribution >= 0.6 is 11.3 Å². The third kappa shape index (κ3) is 6.41. The molecule has 2 aromatic carbocycles. The van der Waals surface area contributed by atoms with Crippen molar-refractivity contribution in [2.45, 2.75) is 37.6 Å². The van der Waals surface area contributed by atoms with Crippen LogP contribution in [0.3, 0.4) is 0 Å². The van der Waals surface area contributed by atoms with Gasteiger partial charge in [0.25, 0.3) is 10.0 Å². The average molecular weight is 467 g/mol. The van der Waals surface area contributed by atoms with Gasteiger partial charge >= 0.3 is 29.6 Å². The van der Waals surface area contributed by atoms with Gasteiger partial charge in [0.15, 0.2) is 0 Å². The summed E-state index contributed by atoms with van der Waals surface area (Å²) in [6.07, 6.45) is -0.0574. The summed E-state index contributed by atoms with van der Waals surface area (Å²) in [4.78, 5) is 12.4. The van der Waals surface area contributed by atoms with Crippen LogP contribution in [0.25, 0.3) is 0 Å². The fourth-order valence-electron chi connectivity index (χ4n) is 3.01. The zero-order chi connectivity index (χ0) is 21.7. The molecule has 0 saturated carbocycles. The van der Waals surface area contributed by atoms with Crippen LogP contribution in [-0.4, -0.2) is 14.3 Å². The summed E-state index contributed by atoms with van der Waals surface area (Å²) in [6, 6.07) is 17.3. The molecule has 158 valence electrons. The quantitative estimate of drug-likeness (QED) is 0.402. The number of thiophene rings is 1. The maximum Gasteiger partial charge on any atom is 1.00 e. The molecule has 6 nitrogen and oxygen atoms in total. The van der Waals surface area contributed by atoms with Crippen LogP contribution < -0.4 is 39.3 Å². The number of sulfonamides is 1. The SMILES string of the molecule is CC(C)c1ccc(S(=O)(=O)N(Cc2cccs2)c2ccc(CC(=O)N[O-])cc2)cc1.[Na+]. The summed E-state index contributed by atoms with van der Waals surface area (Å²) in [6.45, 7) is 4.31. The van der Waals surface area contributed by atoms with Crippen LogP contribution in [-0.2, 0) is 27.8 Å². The smallest absolute Gasteiger partial charge is 0.759 e. The molecule has 3 aromatic rings. The van der Waals surface area contributed by atoms with Gasteiger partial charge in [0.05, 0.1) is 23.5 Å². The monoisotopic (exact) mass is 466 g/mol. The van der Waals surface area contributed by atoms with E-state index >= 15 is 0 Å². The van der Waals surface area contributed by atoms with Crippen LogP contribution in [0.2, 0.25) is 0 Å². The number of carbonyl (C=O) groups is 1. The van der Waals surface area contributed by atoms with Crippen molar-refractivity contribution in [3.63, 3.8) is 0 Å². The number of hydroxylamine groups is 1. The third-order valence-electron chi connectivity index (χ3n) is 4.72. The molecule has 0 saturated heterocycles. The van der Waals surface area contributed by atoms with Crippen LogP contribution in [0, 0.1) is 5.21 Å². The van der Waals surface area contributed by atoms with Crippen molar-refractivity contribution in [3.05, 3.63) is 87.3 Å². The van der Waals surface area contributed by atoms with Crippen molar-refractivity contribution in [1.29, 1.82) is 0 Å². The number of hydrogen-bond acceptors (Lipinski definition) is 5. The molecule has 0 atom stereocenters. The second-order valence-corrected chi connectivity index (χ2v) is 10.1. The molecule has 0 spiro atoms. The Morgan fingerprint density at radius 3 is 2.23 bits per heavy atom. The molecular formula is C22H23N2NaO4S2. The topological polar surface area (TPSA) is 89.5 Å². The van der Waals surface area contributed by atoms with E-state index in [1.807, 2.05) is 29.6 Å². The maximum absolute atomic E-state index is 13.5. The van der Waals surface area contributed by atoms with E-state index in [2.05, 4.69) is 13.8 Å². The molecule has 0 fully saturated rings. The van der Waals surface area contributed by atoms with E-state index in [0.717, 1.165) is 10.4 Å². The molecule has 1 heterocycles. The number of amides is 1. The van der Waals surface area contributed by atoms with Crippen molar-refractivity contribution < 1.29 is 42.8 Å². The number of nitrogens with one attached hydrogen (secondary N) is 1. The Morgan fingerprint density at radius 1 is 1.06 bits per heavy atom. The first-order valence-electron chi connectivity index (χ1n) is 9.46. The molecule has 3 rings (SSSR count). The molecule has 0 bridgehead atoms. The average Bonchev–Trinajstić information content (AvgIpc) is 3.26. The largest absolute Gasteiger partial charge is 1.00 e. The summed E-state index contributed by atoms with van der Waals surface area (Å²) in [7, 11) is -3.80. The first-order chi connectivity index (χ1) is 14.3. The summed E-state index contributed by atoms with van der Waals surface area (Å²) in [5.41, 5.74) is 3.53. The first-order valence-corrected chi connectivity index (χ1v) is 11.8. The van der Waals surface area contributed by atoms with Crippen molar-refractivity contribution in [2.24, 2.45) is 0 Å². The van der Waals surface area contributed by atoms with Gasteiger partial charge in [-0.1, -0.05) is 44.2 Å². The molecule has 31 heavy (non-hydrogen) atoms. The number of carbonyl (C=O) groups excluding carboxylic acids is 1. The van der Waals surface area contributed by atoms with Gasteiger partial charge in [-0.3, -0.25) is 9.10 Å². The van der Waals surface area contributed by atoms with E-state index in [0.29, 0.717) is 17.2 Å². The summed E-state index contributed by atoms with van der Waals surface area (Å²) >= 11 is 1.48. The Labute approximate surface area is 209 Å². The van der Waals surface area contributed by atoms with Crippen LogP contribution in [0.4, 0.5) is 5.69 Å². The Bertz CT molecular complexity index is 1080. The molecule has 1 amide bonds. The van der Waals surface area contributed by atoms with Crippen molar-refractivity contribution >= 4 is 33.0 Å². The molecule has 9 heteroatoms. The molecule has 1 N–H and O–H groups in total. The van der Waals surface area contributed by atoms with Gasteiger partial charge in [0.2, 0.25) is 5.91 Å². The minimum absolute atomic E-state index is 0. The molecule has 0 aliphatic heterocycles. The van der Waals surface area contributed by atoms with E-state index in [1.54, 1.807) is 36.4 Å². The van der Waals surface area contributed by atoms with Gasteiger partial charge in [-0.25, -0.2) is 8.42 Å². The van der Waals surface area contributed by atoms with Gasteiger partial charge < -0.3 is 10.7 Å². The van der Waals surface area contributed by atoms with E-state index in [9.17, 15) is 18.4 Å². The predicted octanol–water partition coefficient (Wildman–Crippen LogP) is 1.43. The summed E-state index contributed by atoms with van der Waals surface area (Å²) in [5.74, 6) is -0.334. The number of anilines is 1. The molecule has 0 aliphatic rings. The second-order valence-electron chi connectivity index (χ2n) is 7.18. The van der Waals surface area contributed by atoms with Gasteiger partial charge in [-0.15, -0.1) is 11.3 Å². The fourth-order valence-corrected chi connectivity index (χ4v) is 5.23. The molecular weight excluding hydrogens is 443 g/mol. The van der Waals surface area contributed by atoms with Crippen LogP contribution in [0.1, 0.15) is 35.8 Å². The Balaban J connectivity index is 0.00000341. The fraction of sp³-hybridized carbons (Fsp3) is 0.227. The van der Waals surface area contributed by atoms with Crippen LogP contribution in [0.5, 0.6) is 0 Å². The summed E-state index contributed by atoms with van der Waals surface area (Å²) < 4.78 is 28.3. The van der Waals surface area contributed by atoms with Gasteiger partial charge in [-0.05, 0) is 52.8 Å². The van der Waals surface area contributed by atoms with E-state index in [1.165, 1.54) is 21.1 Å². The van der Waals surface area contributed by atoms with Gasteiger partial charge in [-0.2, -0.15) is 0 Å². The van der Waals surface area contributed by atoms with Gasteiger partial charge in [0, 0.05) is 4.88 Å². The number of nitrogens with zero attached hydrogens (tertiary/aromatic N) is 1. The second kappa shape index (κ2) is 11.3. The predicted molar refractivity (Wildman–Crippen MR) is 120 cm³/mol. The van der Waals surface area contributed by atoms with Crippen LogP contribution in [0.15, 0.2) is 70.9 Å². The molecule has 0 radical (unpaired) electrons. The van der Waals surface area contributed by atoms with Gasteiger partial charge in [0.1, 0.15) is 0 Å². The first kappa shape index (κ1) is 25.6. The number of hydrogen-bond donors (Lipinski definition) is 1. The number of rotatable bonds is 8. The normalized spacial score (nSPS) is 11.1. The number of benzene rings is 2. The van der Waals surface area contributed by atoms with E-state index < -0.39 is 15.9 Å². The Hall–Kier alpha value is -1.68. The maximum atomic E-state index is 13.5. The minimum Gasteiger partial charge on any atom is -0.759 e. The Morgan fingerprint density at radius 2 is 1.71 bits per heavy atom. The van der Waals surface area contributed by atoms with Crippen molar-refractivity contribution in [1.82, 2.24) is 5.48 Å². The van der Waals surface area contributed by atoms with E-state index in [4.69, 9.17) is 0 Å². The summed E-state index contributed by atoms with van der Waals surface area (Å²) in [5, 5.41) is 12.4. The molecule has 1 aromatic heterocycles. The zero-order valence-electron chi connectivity index (χ0n) is 17.7. The molecule has 0 unspecified atom stereocenters. The zero-order valence-corrected chi connectivity index (χ0v) is 21.4.